The fourth-order valence-electron chi connectivity index (χ4n) is 7.09. The van der Waals surface area contributed by atoms with Crippen molar-refractivity contribution in [2.45, 2.75) is 50.9 Å². The van der Waals surface area contributed by atoms with Crippen LogP contribution in [0.4, 0.5) is 5.69 Å². The highest BCUT2D eigenvalue weighted by Crippen LogP contribution is 2.52. The Morgan fingerprint density at radius 3 is 2.27 bits per heavy atom. The molecule has 40 heavy (non-hydrogen) atoms. The minimum Gasteiger partial charge on any atom is -0.438 e. The third-order valence-corrected chi connectivity index (χ3v) is 9.05. The number of ether oxygens (including phenoxy) is 1. The van der Waals surface area contributed by atoms with Crippen molar-refractivity contribution in [2.24, 2.45) is 0 Å². The summed E-state index contributed by atoms with van der Waals surface area (Å²) in [6.45, 7) is 0. The van der Waals surface area contributed by atoms with Gasteiger partial charge in [-0.25, -0.2) is 4.98 Å². The average molecular weight is 521 g/mol. The molecule has 0 radical (unpaired) electrons. The number of benzene rings is 4. The van der Waals surface area contributed by atoms with Crippen molar-refractivity contribution in [2.75, 3.05) is 5.73 Å². The van der Waals surface area contributed by atoms with Crippen LogP contribution in [0.1, 0.15) is 66.0 Å². The summed E-state index contributed by atoms with van der Waals surface area (Å²) in [6, 6.07) is 30.7. The third kappa shape index (κ3) is 3.83. The maximum absolute atomic E-state index is 7.04. The molecule has 0 amide bonds. The van der Waals surface area contributed by atoms with Gasteiger partial charge in [0, 0.05) is 22.9 Å². The van der Waals surface area contributed by atoms with Crippen LogP contribution < -0.4 is 10.5 Å². The van der Waals surface area contributed by atoms with Gasteiger partial charge in [-0.15, -0.1) is 0 Å². The number of rotatable bonds is 2. The zero-order valence-corrected chi connectivity index (χ0v) is 22.6. The first kappa shape index (κ1) is 23.5. The van der Waals surface area contributed by atoms with Gasteiger partial charge in [0.1, 0.15) is 5.76 Å². The van der Waals surface area contributed by atoms with Gasteiger partial charge in [-0.2, -0.15) is 0 Å². The molecule has 3 heteroatoms. The number of hydrogen-bond acceptors (Lipinski definition) is 3. The SMILES string of the molecule is Nc1c2c(nc3c1C(c1ccc4ccccc4c1)C1=C(O3)/C(=C/c3ccc4ccccc4c3)CCC1)CCCC2. The predicted octanol–water partition coefficient (Wildman–Crippen LogP) is 8.89. The van der Waals surface area contributed by atoms with Crippen LogP contribution >= 0.6 is 0 Å². The maximum Gasteiger partial charge on any atom is 0.225 e. The van der Waals surface area contributed by atoms with E-state index in [1.165, 1.54) is 55.8 Å². The van der Waals surface area contributed by atoms with Gasteiger partial charge in [0.05, 0.1) is 0 Å². The van der Waals surface area contributed by atoms with E-state index in [2.05, 4.69) is 91.0 Å². The average Bonchev–Trinajstić information content (AvgIpc) is 3.00. The van der Waals surface area contributed by atoms with Crippen molar-refractivity contribution in [3.63, 3.8) is 0 Å². The van der Waals surface area contributed by atoms with Crippen molar-refractivity contribution in [3.8, 4) is 5.88 Å². The van der Waals surface area contributed by atoms with Gasteiger partial charge in [0.2, 0.25) is 5.88 Å². The number of pyridine rings is 1. The van der Waals surface area contributed by atoms with Crippen molar-refractivity contribution in [1.82, 2.24) is 4.98 Å². The smallest absolute Gasteiger partial charge is 0.225 e. The molecule has 0 bridgehead atoms. The van der Waals surface area contributed by atoms with Crippen LogP contribution in [0, 0.1) is 0 Å². The normalized spacial score (nSPS) is 19.3. The fraction of sp³-hybridized carbons (Fsp3) is 0.216. The third-order valence-electron chi connectivity index (χ3n) is 9.05. The zero-order valence-electron chi connectivity index (χ0n) is 22.6. The molecule has 1 atom stereocenters. The Kier molecular flexibility index (Phi) is 5.51. The lowest BCUT2D eigenvalue weighted by atomic mass is 9.75. The van der Waals surface area contributed by atoms with Crippen LogP contribution in [-0.4, -0.2) is 4.98 Å². The van der Waals surface area contributed by atoms with E-state index >= 15 is 0 Å². The fourth-order valence-corrected chi connectivity index (χ4v) is 7.09. The molecule has 0 saturated heterocycles. The maximum atomic E-state index is 7.04. The number of aromatic nitrogens is 1. The van der Waals surface area contributed by atoms with E-state index in [9.17, 15) is 0 Å². The topological polar surface area (TPSA) is 48.1 Å². The number of nitrogen functional groups attached to an aromatic ring is 1. The molecule has 0 saturated carbocycles. The molecule has 3 aliphatic rings. The Morgan fingerprint density at radius 2 is 1.45 bits per heavy atom. The van der Waals surface area contributed by atoms with E-state index in [-0.39, 0.29) is 5.92 Å². The first-order chi connectivity index (χ1) is 19.7. The highest BCUT2D eigenvalue weighted by Gasteiger charge is 2.38. The van der Waals surface area contributed by atoms with Gasteiger partial charge >= 0.3 is 0 Å². The van der Waals surface area contributed by atoms with Gasteiger partial charge in [-0.05, 0) is 106 Å². The first-order valence-corrected chi connectivity index (χ1v) is 14.6. The lowest BCUT2D eigenvalue weighted by Gasteiger charge is -2.36. The zero-order chi connectivity index (χ0) is 26.6. The molecule has 1 aromatic heterocycles. The van der Waals surface area contributed by atoms with E-state index in [0.29, 0.717) is 5.88 Å². The Balaban J connectivity index is 1.33. The number of fused-ring (bicyclic) bond motifs is 4. The van der Waals surface area contributed by atoms with E-state index in [4.69, 9.17) is 15.5 Å². The predicted molar refractivity (Wildman–Crippen MR) is 165 cm³/mol. The molecule has 8 rings (SSSR count). The highest BCUT2D eigenvalue weighted by molar-refractivity contribution is 5.86. The van der Waals surface area contributed by atoms with Gasteiger partial charge in [-0.3, -0.25) is 0 Å². The summed E-state index contributed by atoms with van der Waals surface area (Å²) in [6.07, 6.45) is 9.72. The Morgan fingerprint density at radius 1 is 0.725 bits per heavy atom. The molecule has 0 fully saturated rings. The van der Waals surface area contributed by atoms with Gasteiger partial charge < -0.3 is 10.5 Å². The van der Waals surface area contributed by atoms with Crippen LogP contribution in [0.25, 0.3) is 27.6 Å². The monoisotopic (exact) mass is 520 g/mol. The Hall–Kier alpha value is -4.37. The summed E-state index contributed by atoms with van der Waals surface area (Å²) in [5.74, 6) is 1.76. The summed E-state index contributed by atoms with van der Waals surface area (Å²) in [7, 11) is 0. The lowest BCUT2D eigenvalue weighted by molar-refractivity contribution is 0.370. The van der Waals surface area contributed by atoms with Crippen LogP contribution in [0.2, 0.25) is 0 Å². The first-order valence-electron chi connectivity index (χ1n) is 14.6. The Labute approximate surface area is 235 Å². The molecule has 3 nitrogen and oxygen atoms in total. The Bertz CT molecular complexity index is 1880. The van der Waals surface area contributed by atoms with Crippen molar-refractivity contribution >= 4 is 33.3 Å². The summed E-state index contributed by atoms with van der Waals surface area (Å²) >= 11 is 0. The van der Waals surface area contributed by atoms with E-state index in [0.717, 1.165) is 61.2 Å². The lowest BCUT2D eigenvalue weighted by Crippen LogP contribution is -2.25. The second kappa shape index (κ2) is 9.38. The number of nitrogens with two attached hydrogens (primary N) is 1. The van der Waals surface area contributed by atoms with Gasteiger partial charge in [0.15, 0.2) is 0 Å². The van der Waals surface area contributed by atoms with E-state index in [1.807, 2.05) is 0 Å². The molecule has 2 heterocycles. The summed E-state index contributed by atoms with van der Waals surface area (Å²) < 4.78 is 6.81. The van der Waals surface area contributed by atoms with Crippen LogP contribution in [0.5, 0.6) is 5.88 Å². The summed E-state index contributed by atoms with van der Waals surface area (Å²) in [4.78, 5) is 5.16. The number of allylic oxidation sites excluding steroid dienone is 2. The number of aryl methyl sites for hydroxylation is 1. The van der Waals surface area contributed by atoms with Crippen LogP contribution in [0.15, 0.2) is 102 Å². The number of nitrogens with zero attached hydrogens (tertiary/aromatic N) is 1. The molecular weight excluding hydrogens is 488 g/mol. The van der Waals surface area contributed by atoms with Gasteiger partial charge in [0.25, 0.3) is 0 Å². The van der Waals surface area contributed by atoms with E-state index in [1.54, 1.807) is 0 Å². The van der Waals surface area contributed by atoms with Crippen molar-refractivity contribution < 1.29 is 4.74 Å². The summed E-state index contributed by atoms with van der Waals surface area (Å²) in [5.41, 5.74) is 16.4. The largest absolute Gasteiger partial charge is 0.438 e. The minimum atomic E-state index is 0.0448. The molecule has 2 aliphatic carbocycles. The molecule has 1 aliphatic heterocycles. The minimum absolute atomic E-state index is 0.0448. The second-order valence-corrected chi connectivity index (χ2v) is 11.5. The number of hydrogen-bond donors (Lipinski definition) is 1. The molecule has 1 unspecified atom stereocenters. The second-order valence-electron chi connectivity index (χ2n) is 11.5. The molecule has 2 N–H and O–H groups in total. The van der Waals surface area contributed by atoms with Crippen molar-refractivity contribution in [3.05, 3.63) is 130 Å². The molecule has 0 spiro atoms. The highest BCUT2D eigenvalue weighted by atomic mass is 16.5. The molecule has 196 valence electrons. The van der Waals surface area contributed by atoms with Crippen LogP contribution in [0.3, 0.4) is 0 Å². The standard InChI is InChI=1S/C37H32N2O/c38-35-30-13-5-6-15-32(30)39-37-34(35)33(28-19-18-25-9-2-4-11-27(25)22-28)31-14-7-12-29(36(31)40-37)21-23-16-17-24-8-1-3-10-26(24)20-23/h1-4,8-11,16-22,33H,5-7,12-15H2,(H2,38,39)/b29-21+. The summed E-state index contributed by atoms with van der Waals surface area (Å²) in [5, 5.41) is 5.02. The van der Waals surface area contributed by atoms with Gasteiger partial charge in [-0.1, -0.05) is 78.9 Å². The molecule has 5 aromatic rings. The quantitative estimate of drug-likeness (QED) is 0.253. The molecular formula is C37H32N2O. The number of anilines is 1. The van der Waals surface area contributed by atoms with Crippen LogP contribution in [-0.2, 0) is 12.8 Å². The molecule has 4 aromatic carbocycles. The van der Waals surface area contributed by atoms with Crippen molar-refractivity contribution in [1.29, 1.82) is 0 Å². The van der Waals surface area contributed by atoms with E-state index < -0.39 is 0 Å².